The fraction of sp³-hybridized carbons (Fsp3) is 0.167. The van der Waals surface area contributed by atoms with E-state index in [1.807, 2.05) is 36.4 Å². The van der Waals surface area contributed by atoms with Crippen molar-refractivity contribution in [3.63, 3.8) is 0 Å². The molecule has 0 fully saturated rings. The molecule has 6 heteroatoms. The van der Waals surface area contributed by atoms with Gasteiger partial charge in [0.1, 0.15) is 11.3 Å². The molecular weight excluding hydrogens is 374 g/mol. The second-order valence-corrected chi connectivity index (χ2v) is 6.41. The highest BCUT2D eigenvalue weighted by Gasteiger charge is 2.18. The highest BCUT2D eigenvalue weighted by Crippen LogP contribution is 2.31. The first kappa shape index (κ1) is 15.2. The summed E-state index contributed by atoms with van der Waals surface area (Å²) in [4.78, 5) is 12.4. The van der Waals surface area contributed by atoms with Crippen LogP contribution in [0.25, 0.3) is 11.0 Å². The maximum absolute atomic E-state index is 12.4. The first-order chi connectivity index (χ1) is 11.7. The van der Waals surface area contributed by atoms with Gasteiger partial charge in [0, 0.05) is 27.5 Å². The van der Waals surface area contributed by atoms with E-state index >= 15 is 0 Å². The van der Waals surface area contributed by atoms with Crippen molar-refractivity contribution in [2.75, 3.05) is 6.79 Å². The van der Waals surface area contributed by atoms with Crippen LogP contribution in [0.3, 0.4) is 0 Å². The van der Waals surface area contributed by atoms with Crippen molar-refractivity contribution in [2.24, 2.45) is 0 Å². The number of ether oxygens (including phenoxy) is 2. The molecule has 122 valence electrons. The van der Waals surface area contributed by atoms with Gasteiger partial charge < -0.3 is 19.2 Å². The number of hydrogen-bond acceptors (Lipinski definition) is 4. The van der Waals surface area contributed by atoms with E-state index in [0.717, 1.165) is 26.7 Å². The van der Waals surface area contributed by atoms with Gasteiger partial charge >= 0.3 is 0 Å². The fourth-order valence-corrected chi connectivity index (χ4v) is 3.30. The van der Waals surface area contributed by atoms with Crippen molar-refractivity contribution in [3.05, 3.63) is 63.8 Å². The summed E-state index contributed by atoms with van der Waals surface area (Å²) in [5, 5.41) is 3.78. The van der Waals surface area contributed by atoms with Crippen molar-refractivity contribution in [2.45, 2.75) is 13.2 Å². The lowest BCUT2D eigenvalue weighted by Crippen LogP contribution is -2.23. The lowest BCUT2D eigenvalue weighted by Gasteiger charge is -2.21. The van der Waals surface area contributed by atoms with Gasteiger partial charge in [-0.2, -0.15) is 0 Å². The molecular formula is C18H14BrNO4. The zero-order chi connectivity index (χ0) is 16.5. The minimum absolute atomic E-state index is 0.221. The van der Waals surface area contributed by atoms with Crippen LogP contribution in [0.1, 0.15) is 21.7 Å². The molecule has 0 aliphatic carbocycles. The highest BCUT2D eigenvalue weighted by atomic mass is 79.9. The smallest absolute Gasteiger partial charge is 0.287 e. The van der Waals surface area contributed by atoms with E-state index in [2.05, 4.69) is 21.2 Å². The second-order valence-electron chi connectivity index (χ2n) is 5.49. The molecule has 1 aliphatic rings. The average Bonchev–Trinajstić information content (AvgIpc) is 3.03. The van der Waals surface area contributed by atoms with Crippen LogP contribution in [0.5, 0.6) is 5.75 Å². The lowest BCUT2D eigenvalue weighted by atomic mass is 10.1. The number of para-hydroxylation sites is 1. The zero-order valence-electron chi connectivity index (χ0n) is 12.7. The van der Waals surface area contributed by atoms with Crippen LogP contribution in [0, 0.1) is 0 Å². The maximum Gasteiger partial charge on any atom is 0.287 e. The molecule has 3 aromatic rings. The molecule has 5 nitrogen and oxygen atoms in total. The Balaban J connectivity index is 1.54. The van der Waals surface area contributed by atoms with E-state index in [1.165, 1.54) is 0 Å². The van der Waals surface area contributed by atoms with Crippen molar-refractivity contribution < 1.29 is 18.7 Å². The number of furan rings is 1. The number of amides is 1. The first-order valence-electron chi connectivity index (χ1n) is 7.49. The molecule has 1 amide bonds. The fourth-order valence-electron chi connectivity index (χ4n) is 2.74. The summed E-state index contributed by atoms with van der Waals surface area (Å²) in [5.74, 6) is 0.811. The third-order valence-electron chi connectivity index (χ3n) is 3.84. The molecule has 2 aromatic carbocycles. The maximum atomic E-state index is 12.4. The molecule has 0 saturated heterocycles. The van der Waals surface area contributed by atoms with Crippen LogP contribution >= 0.6 is 15.9 Å². The van der Waals surface area contributed by atoms with Crippen molar-refractivity contribution >= 4 is 32.8 Å². The Hall–Kier alpha value is -2.31. The number of hydrogen-bond donors (Lipinski definition) is 1. The second kappa shape index (κ2) is 6.30. The van der Waals surface area contributed by atoms with E-state index < -0.39 is 0 Å². The van der Waals surface area contributed by atoms with E-state index in [1.54, 1.807) is 6.07 Å². The van der Waals surface area contributed by atoms with E-state index in [4.69, 9.17) is 13.9 Å². The normalized spacial score (nSPS) is 13.4. The number of rotatable bonds is 3. The quantitative estimate of drug-likeness (QED) is 0.737. The molecule has 1 aliphatic heterocycles. The Bertz CT molecular complexity index is 886. The summed E-state index contributed by atoms with van der Waals surface area (Å²) in [5.41, 5.74) is 2.55. The third kappa shape index (κ3) is 2.90. The van der Waals surface area contributed by atoms with Gasteiger partial charge in [-0.05, 0) is 24.3 Å². The Morgan fingerprint density at radius 3 is 2.96 bits per heavy atom. The lowest BCUT2D eigenvalue weighted by molar-refractivity contribution is -0.0171. The largest absolute Gasteiger partial charge is 0.467 e. The molecule has 4 rings (SSSR count). The van der Waals surface area contributed by atoms with Crippen molar-refractivity contribution in [3.8, 4) is 5.75 Å². The van der Waals surface area contributed by atoms with Crippen molar-refractivity contribution in [1.82, 2.24) is 5.32 Å². The number of carbonyl (C=O) groups is 1. The van der Waals surface area contributed by atoms with Gasteiger partial charge in [0.05, 0.1) is 6.61 Å². The summed E-state index contributed by atoms with van der Waals surface area (Å²) in [6.45, 7) is 1.07. The summed E-state index contributed by atoms with van der Waals surface area (Å²) in [6, 6.07) is 13.2. The highest BCUT2D eigenvalue weighted by molar-refractivity contribution is 9.10. The van der Waals surface area contributed by atoms with Gasteiger partial charge in [0.2, 0.25) is 0 Å². The molecule has 0 bridgehead atoms. The Labute approximate surface area is 146 Å². The third-order valence-corrected chi connectivity index (χ3v) is 4.30. The van der Waals surface area contributed by atoms with Crippen LogP contribution in [0.4, 0.5) is 0 Å². The minimum atomic E-state index is -0.257. The van der Waals surface area contributed by atoms with E-state index in [9.17, 15) is 4.79 Å². The van der Waals surface area contributed by atoms with Gasteiger partial charge in [-0.15, -0.1) is 0 Å². The molecule has 0 atom stereocenters. The SMILES string of the molecule is O=C(NCc1cc(Br)cc2c1OCOC2)c1cc2ccccc2o1. The average molecular weight is 388 g/mol. The molecule has 1 aromatic heterocycles. The van der Waals surface area contributed by atoms with E-state index in [0.29, 0.717) is 24.5 Å². The number of nitrogens with one attached hydrogen (secondary N) is 1. The number of fused-ring (bicyclic) bond motifs is 2. The molecule has 0 radical (unpaired) electrons. The number of halogens is 1. The van der Waals surface area contributed by atoms with Gasteiger partial charge in [-0.3, -0.25) is 4.79 Å². The number of carbonyl (C=O) groups excluding carboxylic acids is 1. The summed E-state index contributed by atoms with van der Waals surface area (Å²) in [6.07, 6.45) is 0. The topological polar surface area (TPSA) is 60.7 Å². The van der Waals surface area contributed by atoms with Crippen LogP contribution in [-0.2, 0) is 17.9 Å². The molecule has 0 spiro atoms. The predicted octanol–water partition coefficient (Wildman–Crippen LogP) is 3.99. The first-order valence-corrected chi connectivity index (χ1v) is 8.28. The Morgan fingerprint density at radius 2 is 2.08 bits per heavy atom. The standard InChI is InChI=1S/C18H14BrNO4/c19-14-5-12(17-13(6-14)9-22-10-23-17)8-20-18(21)16-7-11-3-1-2-4-15(11)24-16/h1-7H,8-10H2,(H,20,21). The monoisotopic (exact) mass is 387 g/mol. The van der Waals surface area contributed by atoms with Gasteiger partial charge in [-0.1, -0.05) is 34.1 Å². The summed E-state index contributed by atoms with van der Waals surface area (Å²) in [7, 11) is 0. The summed E-state index contributed by atoms with van der Waals surface area (Å²) < 4.78 is 17.4. The van der Waals surface area contributed by atoms with Crippen molar-refractivity contribution in [1.29, 1.82) is 0 Å². The molecule has 0 saturated carbocycles. The van der Waals surface area contributed by atoms with Crippen LogP contribution in [0.2, 0.25) is 0 Å². The molecule has 24 heavy (non-hydrogen) atoms. The predicted molar refractivity (Wildman–Crippen MR) is 91.8 cm³/mol. The molecule has 1 N–H and O–H groups in total. The van der Waals surface area contributed by atoms with Crippen LogP contribution in [0.15, 0.2) is 51.4 Å². The van der Waals surface area contributed by atoms with Crippen LogP contribution < -0.4 is 10.1 Å². The molecule has 2 heterocycles. The van der Waals surface area contributed by atoms with Gasteiger partial charge in [-0.25, -0.2) is 0 Å². The van der Waals surface area contributed by atoms with E-state index in [-0.39, 0.29) is 12.7 Å². The Morgan fingerprint density at radius 1 is 1.21 bits per heavy atom. The zero-order valence-corrected chi connectivity index (χ0v) is 14.3. The molecule has 0 unspecified atom stereocenters. The number of benzene rings is 2. The minimum Gasteiger partial charge on any atom is -0.467 e. The summed E-state index contributed by atoms with van der Waals surface area (Å²) >= 11 is 3.47. The van der Waals surface area contributed by atoms with Gasteiger partial charge in [0.15, 0.2) is 12.6 Å². The Kier molecular flexibility index (Phi) is 4.00. The van der Waals surface area contributed by atoms with Gasteiger partial charge in [0.25, 0.3) is 5.91 Å². The van der Waals surface area contributed by atoms with Crippen LogP contribution in [-0.4, -0.2) is 12.7 Å².